The summed E-state index contributed by atoms with van der Waals surface area (Å²) >= 11 is 0. The van der Waals surface area contributed by atoms with Gasteiger partial charge in [-0.1, -0.05) is 19.9 Å². The first-order chi connectivity index (χ1) is 9.29. The molecule has 0 saturated heterocycles. The lowest BCUT2D eigenvalue weighted by atomic mass is 10.1. The first-order valence-corrected chi connectivity index (χ1v) is 7.54. The van der Waals surface area contributed by atoms with E-state index in [-0.39, 0.29) is 6.42 Å². The van der Waals surface area contributed by atoms with E-state index >= 15 is 0 Å². The minimum atomic E-state index is -5.06. The minimum absolute atomic E-state index is 0.0379. The summed E-state index contributed by atoms with van der Waals surface area (Å²) in [5.74, 6) is -7.45. The third-order valence-corrected chi connectivity index (χ3v) is 4.61. The van der Waals surface area contributed by atoms with Gasteiger partial charge in [0, 0.05) is 12.6 Å². The molecule has 0 fully saturated rings. The molecule has 0 aliphatic carbocycles. The lowest BCUT2D eigenvalue weighted by molar-refractivity contribution is -0.255. The van der Waals surface area contributed by atoms with Crippen molar-refractivity contribution in [1.29, 1.82) is 0 Å². The van der Waals surface area contributed by atoms with Gasteiger partial charge in [0.25, 0.3) is 0 Å². The lowest BCUT2D eigenvalue weighted by Gasteiger charge is -2.33. The van der Waals surface area contributed by atoms with Crippen LogP contribution in [0, 0.1) is 0 Å². The van der Waals surface area contributed by atoms with Gasteiger partial charge in [-0.05, 0) is 6.42 Å². The minimum Gasteiger partial charge on any atom is -0.478 e. The smallest absolute Gasteiger partial charge is 0.380 e. The highest BCUT2D eigenvalue weighted by Crippen LogP contribution is 2.41. The van der Waals surface area contributed by atoms with Crippen LogP contribution in [0.1, 0.15) is 26.2 Å². The molecule has 10 heteroatoms. The van der Waals surface area contributed by atoms with E-state index in [9.17, 15) is 30.8 Å². The number of nitrogens with zero attached hydrogens (tertiary/aromatic N) is 1. The molecule has 0 aromatic carbocycles. The van der Waals surface area contributed by atoms with E-state index in [2.05, 4.69) is 6.58 Å². The fourth-order valence-corrected chi connectivity index (χ4v) is 2.73. The Hall–Kier alpha value is -1.16. The van der Waals surface area contributed by atoms with Gasteiger partial charge in [0.15, 0.2) is 0 Å². The van der Waals surface area contributed by atoms with Gasteiger partial charge in [-0.15, -0.1) is 4.31 Å². The molecule has 0 atom stereocenters. The predicted molar refractivity (Wildman–Crippen MR) is 67.7 cm³/mol. The molecule has 0 aromatic rings. The van der Waals surface area contributed by atoms with Crippen LogP contribution >= 0.6 is 0 Å². The van der Waals surface area contributed by atoms with E-state index in [0.717, 1.165) is 0 Å². The van der Waals surface area contributed by atoms with Crippen LogP contribution in [-0.4, -0.2) is 48.6 Å². The number of carbonyl (C=O) groups is 1. The van der Waals surface area contributed by atoms with Crippen LogP contribution in [0.15, 0.2) is 12.2 Å². The normalized spacial score (nSPS) is 13.5. The number of rotatable bonds is 9. The summed E-state index contributed by atoms with van der Waals surface area (Å²) in [6.07, 6.45) is -1.44. The van der Waals surface area contributed by atoms with Crippen molar-refractivity contribution >= 4 is 16.0 Å². The Labute approximate surface area is 120 Å². The van der Waals surface area contributed by atoms with Crippen LogP contribution in [0.2, 0.25) is 0 Å². The van der Waals surface area contributed by atoms with E-state index in [1.54, 1.807) is 6.92 Å². The van der Waals surface area contributed by atoms with Crippen LogP contribution in [0.25, 0.3) is 0 Å². The van der Waals surface area contributed by atoms with Crippen LogP contribution in [-0.2, 0) is 14.8 Å². The van der Waals surface area contributed by atoms with E-state index in [1.807, 2.05) is 0 Å². The summed E-state index contributed by atoms with van der Waals surface area (Å²) in [6.45, 7) is 4.35. The number of carboxylic acids is 1. The van der Waals surface area contributed by atoms with Gasteiger partial charge in [-0.2, -0.15) is 17.6 Å². The third-order valence-electron chi connectivity index (χ3n) is 2.75. The van der Waals surface area contributed by atoms with Crippen molar-refractivity contribution in [1.82, 2.24) is 4.31 Å². The molecule has 1 N–H and O–H groups in total. The van der Waals surface area contributed by atoms with Crippen LogP contribution in [0.5, 0.6) is 0 Å². The molecule has 0 amide bonds. The van der Waals surface area contributed by atoms with Crippen molar-refractivity contribution in [3.63, 3.8) is 0 Å². The zero-order chi connectivity index (χ0) is 17.1. The Kier molecular flexibility index (Phi) is 6.36. The SMILES string of the molecule is C=C(CC(F)(F)C(F)(F)N(C)S(=O)(=O)CCCC)C(=O)O. The number of sulfonamides is 1. The predicted octanol–water partition coefficient (Wildman–Crippen LogP) is 2.31. The quantitative estimate of drug-likeness (QED) is 0.399. The average Bonchev–Trinajstić information content (AvgIpc) is 2.34. The maximum Gasteiger partial charge on any atom is 0.380 e. The molecule has 0 spiro atoms. The molecule has 0 aliphatic rings. The van der Waals surface area contributed by atoms with Crippen molar-refractivity contribution in [2.24, 2.45) is 0 Å². The van der Waals surface area contributed by atoms with Crippen molar-refractivity contribution in [2.75, 3.05) is 12.8 Å². The van der Waals surface area contributed by atoms with Crippen molar-refractivity contribution in [2.45, 2.75) is 38.2 Å². The van der Waals surface area contributed by atoms with Crippen LogP contribution in [0.3, 0.4) is 0 Å². The van der Waals surface area contributed by atoms with E-state index < -0.39 is 50.0 Å². The van der Waals surface area contributed by atoms with E-state index in [4.69, 9.17) is 5.11 Å². The lowest BCUT2D eigenvalue weighted by Crippen LogP contribution is -2.55. The number of aliphatic carboxylic acids is 1. The van der Waals surface area contributed by atoms with Crippen molar-refractivity contribution in [3.05, 3.63) is 12.2 Å². The van der Waals surface area contributed by atoms with E-state index in [1.165, 1.54) is 0 Å². The third kappa shape index (κ3) is 4.67. The highest BCUT2D eigenvalue weighted by Gasteiger charge is 2.62. The Balaban J connectivity index is 5.34. The molecular weight excluding hydrogens is 318 g/mol. The van der Waals surface area contributed by atoms with Crippen molar-refractivity contribution in [3.8, 4) is 0 Å². The number of hydrogen-bond donors (Lipinski definition) is 1. The van der Waals surface area contributed by atoms with Crippen LogP contribution < -0.4 is 0 Å². The number of halogens is 4. The molecule has 0 rings (SSSR count). The fraction of sp³-hybridized carbons (Fsp3) is 0.727. The second-order valence-electron chi connectivity index (χ2n) is 4.47. The van der Waals surface area contributed by atoms with Gasteiger partial charge in [0.1, 0.15) is 0 Å². The molecule has 0 aromatic heterocycles. The highest BCUT2D eigenvalue weighted by atomic mass is 32.2. The van der Waals surface area contributed by atoms with Gasteiger partial charge in [-0.25, -0.2) is 13.2 Å². The topological polar surface area (TPSA) is 74.7 Å². The molecule has 124 valence electrons. The molecule has 21 heavy (non-hydrogen) atoms. The molecule has 0 aliphatic heterocycles. The number of unbranched alkanes of at least 4 members (excludes halogenated alkanes) is 1. The Morgan fingerprint density at radius 1 is 1.29 bits per heavy atom. The van der Waals surface area contributed by atoms with Gasteiger partial charge in [0.05, 0.1) is 12.2 Å². The largest absolute Gasteiger partial charge is 0.478 e. The Morgan fingerprint density at radius 3 is 2.14 bits per heavy atom. The monoisotopic (exact) mass is 335 g/mol. The summed E-state index contributed by atoms with van der Waals surface area (Å²) in [5.41, 5.74) is -1.14. The maximum atomic E-state index is 13.7. The Morgan fingerprint density at radius 2 is 1.76 bits per heavy atom. The molecule has 0 radical (unpaired) electrons. The van der Waals surface area contributed by atoms with Gasteiger partial charge >= 0.3 is 17.9 Å². The zero-order valence-corrected chi connectivity index (χ0v) is 12.4. The summed E-state index contributed by atoms with van der Waals surface area (Å²) in [5, 5.41) is 8.42. The number of alkyl halides is 4. The standard InChI is InChI=1S/C11H17F4NO4S/c1-4-5-6-21(19,20)16(3)11(14,15)10(12,13)7-8(2)9(17)18/h2,4-7H2,1,3H3,(H,17,18). The van der Waals surface area contributed by atoms with Gasteiger partial charge < -0.3 is 5.11 Å². The second-order valence-corrected chi connectivity index (χ2v) is 6.59. The van der Waals surface area contributed by atoms with Gasteiger partial charge in [0.2, 0.25) is 10.0 Å². The van der Waals surface area contributed by atoms with Crippen molar-refractivity contribution < 1.29 is 35.9 Å². The first-order valence-electron chi connectivity index (χ1n) is 5.93. The summed E-state index contributed by atoms with van der Waals surface area (Å²) in [6, 6.07) is -5.06. The molecule has 0 bridgehead atoms. The molecule has 0 saturated carbocycles. The maximum absolute atomic E-state index is 13.7. The number of carboxylic acid groups (broad SMARTS) is 1. The number of hydrogen-bond acceptors (Lipinski definition) is 3. The zero-order valence-electron chi connectivity index (χ0n) is 11.6. The average molecular weight is 335 g/mol. The summed E-state index contributed by atoms with van der Waals surface area (Å²) < 4.78 is 76.9. The first kappa shape index (κ1) is 19.8. The van der Waals surface area contributed by atoms with Crippen LogP contribution in [0.4, 0.5) is 17.6 Å². The van der Waals surface area contributed by atoms with Gasteiger partial charge in [-0.3, -0.25) is 0 Å². The summed E-state index contributed by atoms with van der Waals surface area (Å²) in [4.78, 5) is 10.4. The molecular formula is C11H17F4NO4S. The molecule has 0 unspecified atom stereocenters. The second kappa shape index (κ2) is 6.73. The molecule has 5 nitrogen and oxygen atoms in total. The Bertz CT molecular complexity index is 504. The van der Waals surface area contributed by atoms with E-state index in [0.29, 0.717) is 13.5 Å². The summed E-state index contributed by atoms with van der Waals surface area (Å²) in [7, 11) is -4.26. The fourth-order valence-electron chi connectivity index (χ4n) is 1.32. The molecule has 0 heterocycles. The highest BCUT2D eigenvalue weighted by molar-refractivity contribution is 7.89.